The minimum absolute atomic E-state index is 0.182. The van der Waals surface area contributed by atoms with E-state index in [2.05, 4.69) is 9.98 Å². The fraction of sp³-hybridized carbons (Fsp3) is 0.571. The molecule has 0 spiro atoms. The van der Waals surface area contributed by atoms with Crippen molar-refractivity contribution in [2.24, 2.45) is 10.7 Å². The molecule has 5 nitrogen and oxygen atoms in total. The van der Waals surface area contributed by atoms with Crippen LogP contribution in [0.4, 0.5) is 4.39 Å². The van der Waals surface area contributed by atoms with E-state index >= 15 is 0 Å². The Morgan fingerprint density at radius 1 is 1.55 bits per heavy atom. The number of aromatic nitrogens is 1. The lowest BCUT2D eigenvalue weighted by molar-refractivity contribution is 0.0680. The Hall–Kier alpha value is -1.69. The molecule has 1 saturated heterocycles. The first-order valence-corrected chi connectivity index (χ1v) is 6.91. The Morgan fingerprint density at radius 2 is 2.40 bits per heavy atom. The van der Waals surface area contributed by atoms with Gasteiger partial charge in [-0.2, -0.15) is 0 Å². The lowest BCUT2D eigenvalue weighted by Gasteiger charge is -2.37. The summed E-state index contributed by atoms with van der Waals surface area (Å²) in [4.78, 5) is 10.6. The molecule has 2 atom stereocenters. The first-order valence-electron chi connectivity index (χ1n) is 6.91. The smallest absolute Gasteiger partial charge is 0.192 e. The number of hydrogen-bond acceptors (Lipinski definition) is 5. The van der Waals surface area contributed by atoms with Gasteiger partial charge in [-0.1, -0.05) is 0 Å². The number of nitrogens with zero attached hydrogens (tertiary/aromatic N) is 3. The highest BCUT2D eigenvalue weighted by molar-refractivity contribution is 5.81. The molecule has 2 unspecified atom stereocenters. The van der Waals surface area contributed by atoms with Crippen LogP contribution >= 0.6 is 0 Å². The van der Waals surface area contributed by atoms with Gasteiger partial charge in [-0.3, -0.25) is 9.98 Å². The third-order valence-electron chi connectivity index (χ3n) is 4.11. The second-order valence-corrected chi connectivity index (χ2v) is 5.56. The number of ether oxygens (including phenoxy) is 1. The first-order chi connectivity index (χ1) is 9.59. The molecule has 2 N–H and O–H groups in total. The Labute approximate surface area is 117 Å². The Bertz CT molecular complexity index is 512. The van der Waals surface area contributed by atoms with Crippen molar-refractivity contribution in [1.82, 2.24) is 9.88 Å². The summed E-state index contributed by atoms with van der Waals surface area (Å²) < 4.78 is 18.7. The Morgan fingerprint density at radius 3 is 3.05 bits per heavy atom. The van der Waals surface area contributed by atoms with Crippen LogP contribution in [0.5, 0.6) is 0 Å². The van der Waals surface area contributed by atoms with Gasteiger partial charge < -0.3 is 15.4 Å². The van der Waals surface area contributed by atoms with Crippen LogP contribution in [0.3, 0.4) is 0 Å². The molecule has 2 aliphatic rings. The molecule has 108 valence electrons. The molecule has 3 rings (SSSR count). The average molecular weight is 278 g/mol. The zero-order valence-electron chi connectivity index (χ0n) is 11.6. The van der Waals surface area contributed by atoms with Crippen LogP contribution in [-0.2, 0) is 10.3 Å². The maximum Gasteiger partial charge on any atom is 0.192 e. The predicted molar refractivity (Wildman–Crippen MR) is 73.7 cm³/mol. The number of pyridine rings is 1. The maximum absolute atomic E-state index is 13.1. The van der Waals surface area contributed by atoms with Crippen molar-refractivity contribution in [2.45, 2.75) is 31.4 Å². The molecule has 3 heterocycles. The zero-order chi connectivity index (χ0) is 14.2. The number of rotatable bonds is 3. The summed E-state index contributed by atoms with van der Waals surface area (Å²) >= 11 is 0. The van der Waals surface area contributed by atoms with Crippen molar-refractivity contribution < 1.29 is 9.13 Å². The van der Waals surface area contributed by atoms with Crippen molar-refractivity contribution in [2.75, 3.05) is 19.7 Å². The summed E-state index contributed by atoms with van der Waals surface area (Å²) in [6, 6.07) is 3.12. The second kappa shape index (κ2) is 5.01. The lowest BCUT2D eigenvalue weighted by Crippen LogP contribution is -2.50. The highest BCUT2D eigenvalue weighted by atomic mass is 19.1. The Balaban J connectivity index is 1.84. The topological polar surface area (TPSA) is 63.7 Å². The molecule has 0 radical (unpaired) electrons. The molecule has 1 aromatic heterocycles. The van der Waals surface area contributed by atoms with E-state index in [4.69, 9.17) is 10.5 Å². The van der Waals surface area contributed by atoms with Crippen molar-refractivity contribution in [3.63, 3.8) is 0 Å². The summed E-state index contributed by atoms with van der Waals surface area (Å²) in [7, 11) is 0. The van der Waals surface area contributed by atoms with Gasteiger partial charge in [0.25, 0.3) is 0 Å². The van der Waals surface area contributed by atoms with Gasteiger partial charge in [0, 0.05) is 13.2 Å². The normalized spacial score (nSPS) is 29.8. The zero-order valence-corrected chi connectivity index (χ0v) is 11.6. The third kappa shape index (κ3) is 2.24. The molecule has 1 aromatic rings. The molecule has 0 bridgehead atoms. The molecule has 2 aliphatic heterocycles. The summed E-state index contributed by atoms with van der Waals surface area (Å²) in [6.45, 7) is 4.07. The minimum Gasteiger partial charge on any atom is -0.376 e. The van der Waals surface area contributed by atoms with Crippen LogP contribution < -0.4 is 5.73 Å². The van der Waals surface area contributed by atoms with Crippen LogP contribution in [-0.4, -0.2) is 41.6 Å². The van der Waals surface area contributed by atoms with E-state index in [0.29, 0.717) is 19.0 Å². The molecule has 0 amide bonds. The van der Waals surface area contributed by atoms with Crippen molar-refractivity contribution >= 4 is 5.96 Å². The van der Waals surface area contributed by atoms with E-state index in [1.165, 1.54) is 12.3 Å². The first kappa shape index (κ1) is 13.3. The number of halogens is 1. The fourth-order valence-electron chi connectivity index (χ4n) is 2.86. The van der Waals surface area contributed by atoms with Crippen LogP contribution in [0.1, 0.15) is 25.5 Å². The minimum atomic E-state index is -0.427. The molecule has 6 heteroatoms. The molecule has 1 fully saturated rings. The van der Waals surface area contributed by atoms with Crippen LogP contribution in [0.25, 0.3) is 0 Å². The standard InChI is InChI=1S/C14H19FN4O/c1-14(12-5-4-10(15)7-17-12)9-18-13(16)19(14)8-11-3-2-6-20-11/h4-5,7,11H,2-3,6,8-9H2,1H3,(H2,16,18). The molecule has 20 heavy (non-hydrogen) atoms. The summed E-state index contributed by atoms with van der Waals surface area (Å²) in [5, 5.41) is 0. The van der Waals surface area contributed by atoms with Crippen LogP contribution in [0, 0.1) is 5.82 Å². The molecule has 0 saturated carbocycles. The van der Waals surface area contributed by atoms with Gasteiger partial charge in [-0.25, -0.2) is 4.39 Å². The quantitative estimate of drug-likeness (QED) is 0.903. The largest absolute Gasteiger partial charge is 0.376 e. The number of guanidine groups is 1. The highest BCUT2D eigenvalue weighted by Gasteiger charge is 2.42. The van der Waals surface area contributed by atoms with E-state index in [9.17, 15) is 4.39 Å². The van der Waals surface area contributed by atoms with Gasteiger partial charge in [0.05, 0.1) is 24.5 Å². The molecular weight excluding hydrogens is 259 g/mol. The average Bonchev–Trinajstić information content (AvgIpc) is 3.04. The van der Waals surface area contributed by atoms with Gasteiger partial charge in [0.1, 0.15) is 11.4 Å². The molecule has 0 aliphatic carbocycles. The van der Waals surface area contributed by atoms with E-state index < -0.39 is 5.54 Å². The van der Waals surface area contributed by atoms with Gasteiger partial charge >= 0.3 is 0 Å². The van der Waals surface area contributed by atoms with E-state index in [1.54, 1.807) is 6.07 Å². The summed E-state index contributed by atoms with van der Waals surface area (Å²) in [5.74, 6) is 0.170. The van der Waals surface area contributed by atoms with Crippen LogP contribution in [0.2, 0.25) is 0 Å². The third-order valence-corrected chi connectivity index (χ3v) is 4.11. The van der Waals surface area contributed by atoms with Gasteiger partial charge in [0.15, 0.2) is 5.96 Å². The molecular formula is C14H19FN4O. The number of hydrogen-bond donors (Lipinski definition) is 1. The van der Waals surface area contributed by atoms with Gasteiger partial charge in [-0.05, 0) is 31.9 Å². The van der Waals surface area contributed by atoms with E-state index in [-0.39, 0.29) is 11.9 Å². The van der Waals surface area contributed by atoms with E-state index in [0.717, 1.165) is 25.1 Å². The van der Waals surface area contributed by atoms with Crippen molar-refractivity contribution in [1.29, 1.82) is 0 Å². The SMILES string of the molecule is CC1(c2ccc(F)cn2)CN=C(N)N1CC1CCCO1. The van der Waals surface area contributed by atoms with Gasteiger partial charge in [-0.15, -0.1) is 0 Å². The van der Waals surface area contributed by atoms with Crippen molar-refractivity contribution in [3.05, 3.63) is 29.8 Å². The van der Waals surface area contributed by atoms with Crippen LogP contribution in [0.15, 0.2) is 23.3 Å². The highest BCUT2D eigenvalue weighted by Crippen LogP contribution is 2.32. The monoisotopic (exact) mass is 278 g/mol. The Kier molecular flexibility index (Phi) is 3.33. The number of nitrogens with two attached hydrogens (primary N) is 1. The van der Waals surface area contributed by atoms with E-state index in [1.807, 2.05) is 11.8 Å². The maximum atomic E-state index is 13.1. The number of aliphatic imine (C=N–C) groups is 1. The molecule has 0 aromatic carbocycles. The van der Waals surface area contributed by atoms with Gasteiger partial charge in [0.2, 0.25) is 0 Å². The lowest BCUT2D eigenvalue weighted by atomic mass is 9.95. The summed E-state index contributed by atoms with van der Waals surface area (Å²) in [5.41, 5.74) is 6.37. The predicted octanol–water partition coefficient (Wildman–Crippen LogP) is 1.25. The summed E-state index contributed by atoms with van der Waals surface area (Å²) in [6.07, 6.45) is 3.54. The fourth-order valence-corrected chi connectivity index (χ4v) is 2.86. The second-order valence-electron chi connectivity index (χ2n) is 5.56. The van der Waals surface area contributed by atoms with Crippen molar-refractivity contribution in [3.8, 4) is 0 Å².